The summed E-state index contributed by atoms with van der Waals surface area (Å²) in [5.74, 6) is -0.856. The first kappa shape index (κ1) is 14.9. The molecule has 0 heterocycles. The van der Waals surface area contributed by atoms with Crippen LogP contribution in [0.4, 0.5) is 5.69 Å². The van der Waals surface area contributed by atoms with E-state index in [1.165, 1.54) is 7.11 Å². The molecule has 0 spiro atoms. The number of amidine groups is 1. The molecule has 0 bridgehead atoms. The van der Waals surface area contributed by atoms with Crippen molar-refractivity contribution < 1.29 is 9.53 Å². The average molecular weight is 371 g/mol. The number of hydrazone groups is 1. The van der Waals surface area contributed by atoms with Crippen molar-refractivity contribution in [2.75, 3.05) is 12.5 Å². The molecule has 0 amide bonds. The Morgan fingerprint density at radius 3 is 2.79 bits per heavy atom. The zero-order valence-corrected chi connectivity index (χ0v) is 12.1. The molecule has 8 heteroatoms. The van der Waals surface area contributed by atoms with E-state index in [0.29, 0.717) is 14.8 Å². The van der Waals surface area contributed by atoms with Gasteiger partial charge in [-0.05, 0) is 40.8 Å². The van der Waals surface area contributed by atoms with Gasteiger partial charge >= 0.3 is 5.97 Å². The minimum absolute atomic E-state index is 0.215. The van der Waals surface area contributed by atoms with Gasteiger partial charge in [0.1, 0.15) is 6.07 Å². The second-order valence-electron chi connectivity index (χ2n) is 3.28. The molecule has 0 aliphatic heterocycles. The highest BCUT2D eigenvalue weighted by Crippen LogP contribution is 2.20. The fourth-order valence-electron chi connectivity index (χ4n) is 1.11. The topological polar surface area (TPSA) is 124 Å². The summed E-state index contributed by atoms with van der Waals surface area (Å²) in [5.41, 5.74) is 8.55. The van der Waals surface area contributed by atoms with Gasteiger partial charge in [0.05, 0.1) is 18.4 Å². The number of halogens is 1. The molecular weight excluding hydrogens is 361 g/mol. The first-order valence-electron chi connectivity index (χ1n) is 4.95. The fourth-order valence-corrected chi connectivity index (χ4v) is 1.75. The van der Waals surface area contributed by atoms with Crippen LogP contribution in [0.2, 0.25) is 0 Å². The van der Waals surface area contributed by atoms with E-state index in [0.717, 1.165) is 0 Å². The van der Waals surface area contributed by atoms with Gasteiger partial charge in [0.15, 0.2) is 5.84 Å². The molecule has 7 nitrogen and oxygen atoms in total. The molecule has 1 aromatic rings. The van der Waals surface area contributed by atoms with Crippen molar-refractivity contribution in [3.05, 3.63) is 27.3 Å². The number of rotatable bonds is 4. The standard InChI is InChI=1S/C11H10IN5O2/c1-19-11(18)6-2-3-8(7(12)4-6)16-17-9(5-13)10(14)15/h2-4,16H,1H3,(H3,14,15)/b17-9+. The Morgan fingerprint density at radius 1 is 1.63 bits per heavy atom. The second kappa shape index (κ2) is 6.69. The molecule has 98 valence electrons. The molecule has 0 atom stereocenters. The normalized spacial score (nSPS) is 10.5. The smallest absolute Gasteiger partial charge is 0.337 e. The number of ether oxygens (including phenoxy) is 1. The third kappa shape index (κ3) is 3.92. The number of esters is 1. The number of hydrogen-bond donors (Lipinski definition) is 3. The minimum atomic E-state index is -0.436. The van der Waals surface area contributed by atoms with Crippen LogP contribution in [0.1, 0.15) is 10.4 Å². The highest BCUT2D eigenvalue weighted by Gasteiger charge is 2.08. The molecule has 4 N–H and O–H groups in total. The largest absolute Gasteiger partial charge is 0.465 e. The Labute approximate surface area is 123 Å². The Balaban J connectivity index is 2.96. The summed E-state index contributed by atoms with van der Waals surface area (Å²) in [6, 6.07) is 6.49. The van der Waals surface area contributed by atoms with Gasteiger partial charge in [-0.2, -0.15) is 10.4 Å². The number of carbonyl (C=O) groups excluding carboxylic acids is 1. The van der Waals surface area contributed by atoms with E-state index in [1.54, 1.807) is 24.3 Å². The van der Waals surface area contributed by atoms with Gasteiger partial charge < -0.3 is 10.5 Å². The van der Waals surface area contributed by atoms with Crippen LogP contribution < -0.4 is 11.2 Å². The van der Waals surface area contributed by atoms with Crippen molar-refractivity contribution in [1.29, 1.82) is 10.7 Å². The number of nitriles is 1. The molecule has 0 saturated heterocycles. The first-order valence-corrected chi connectivity index (χ1v) is 6.03. The Bertz CT molecular complexity index is 591. The van der Waals surface area contributed by atoms with Crippen molar-refractivity contribution in [3.63, 3.8) is 0 Å². The lowest BCUT2D eigenvalue weighted by atomic mass is 10.2. The Morgan fingerprint density at radius 2 is 2.32 bits per heavy atom. The molecule has 19 heavy (non-hydrogen) atoms. The lowest BCUT2D eigenvalue weighted by Gasteiger charge is -2.06. The zero-order valence-electron chi connectivity index (χ0n) is 9.90. The summed E-state index contributed by atoms with van der Waals surface area (Å²) in [4.78, 5) is 11.3. The lowest BCUT2D eigenvalue weighted by Crippen LogP contribution is -2.22. The third-order valence-corrected chi connectivity index (χ3v) is 2.93. The molecular formula is C11H10IN5O2. The SMILES string of the molecule is COC(=O)c1ccc(N/N=C(\C#N)C(=N)N)c(I)c1. The fraction of sp³-hybridized carbons (Fsp3) is 0.0909. The maximum atomic E-state index is 11.3. The van der Waals surface area contributed by atoms with Crippen LogP contribution in [0.3, 0.4) is 0 Å². The number of nitrogens with one attached hydrogen (secondary N) is 2. The number of nitrogens with two attached hydrogens (primary N) is 1. The maximum Gasteiger partial charge on any atom is 0.337 e. The van der Waals surface area contributed by atoms with E-state index < -0.39 is 11.8 Å². The van der Waals surface area contributed by atoms with Crippen molar-refractivity contribution in [1.82, 2.24) is 0 Å². The average Bonchev–Trinajstić information content (AvgIpc) is 2.39. The minimum Gasteiger partial charge on any atom is -0.465 e. The van der Waals surface area contributed by atoms with E-state index >= 15 is 0 Å². The molecule has 0 saturated carbocycles. The predicted octanol–water partition coefficient (Wildman–Crippen LogP) is 1.31. The summed E-state index contributed by atoms with van der Waals surface area (Å²) in [5, 5.41) is 19.5. The molecule has 0 aliphatic carbocycles. The van der Waals surface area contributed by atoms with Crippen LogP contribution >= 0.6 is 22.6 Å². The molecule has 0 unspecified atom stereocenters. The first-order chi connectivity index (χ1) is 8.99. The predicted molar refractivity (Wildman–Crippen MR) is 79.1 cm³/mol. The van der Waals surface area contributed by atoms with Crippen LogP contribution in [0, 0.1) is 20.3 Å². The number of anilines is 1. The molecule has 0 fully saturated rings. The van der Waals surface area contributed by atoms with Gasteiger partial charge in [0.25, 0.3) is 0 Å². The zero-order chi connectivity index (χ0) is 14.4. The number of benzene rings is 1. The summed E-state index contributed by atoms with van der Waals surface area (Å²) < 4.78 is 5.31. The molecule has 0 aliphatic rings. The summed E-state index contributed by atoms with van der Waals surface area (Å²) >= 11 is 2.00. The van der Waals surface area contributed by atoms with Crippen LogP contribution in [0.15, 0.2) is 23.3 Å². The third-order valence-electron chi connectivity index (χ3n) is 2.04. The van der Waals surface area contributed by atoms with E-state index in [9.17, 15) is 4.79 Å². The van der Waals surface area contributed by atoms with Crippen LogP contribution in [-0.4, -0.2) is 24.6 Å². The van der Waals surface area contributed by atoms with Gasteiger partial charge in [0, 0.05) is 3.57 Å². The van der Waals surface area contributed by atoms with E-state index in [4.69, 9.17) is 16.4 Å². The van der Waals surface area contributed by atoms with Gasteiger partial charge in [-0.1, -0.05) is 0 Å². The summed E-state index contributed by atoms with van der Waals surface area (Å²) in [7, 11) is 1.30. The van der Waals surface area contributed by atoms with E-state index in [2.05, 4.69) is 15.3 Å². The van der Waals surface area contributed by atoms with E-state index in [-0.39, 0.29) is 5.71 Å². The van der Waals surface area contributed by atoms with Gasteiger partial charge in [-0.25, -0.2) is 4.79 Å². The maximum absolute atomic E-state index is 11.3. The van der Waals surface area contributed by atoms with Crippen molar-refractivity contribution >= 4 is 45.8 Å². The molecule has 1 aromatic carbocycles. The Hall–Kier alpha value is -2.15. The number of carbonyl (C=O) groups is 1. The van der Waals surface area contributed by atoms with Crippen LogP contribution in [-0.2, 0) is 4.74 Å². The number of hydrogen-bond acceptors (Lipinski definition) is 6. The van der Waals surface area contributed by atoms with Gasteiger partial charge in [-0.3, -0.25) is 10.8 Å². The van der Waals surface area contributed by atoms with Gasteiger partial charge in [0.2, 0.25) is 5.71 Å². The summed E-state index contributed by atoms with van der Waals surface area (Å²) in [6.07, 6.45) is 0. The monoisotopic (exact) mass is 371 g/mol. The van der Waals surface area contributed by atoms with Crippen molar-refractivity contribution in [3.8, 4) is 6.07 Å². The number of nitrogens with zero attached hydrogens (tertiary/aromatic N) is 2. The molecule has 0 aromatic heterocycles. The number of methoxy groups -OCH3 is 1. The lowest BCUT2D eigenvalue weighted by molar-refractivity contribution is 0.0600. The second-order valence-corrected chi connectivity index (χ2v) is 4.45. The highest BCUT2D eigenvalue weighted by molar-refractivity contribution is 14.1. The van der Waals surface area contributed by atoms with Crippen molar-refractivity contribution in [2.45, 2.75) is 0 Å². The Kier molecular flexibility index (Phi) is 5.25. The molecule has 1 rings (SSSR count). The van der Waals surface area contributed by atoms with Gasteiger partial charge in [-0.15, -0.1) is 0 Å². The highest BCUT2D eigenvalue weighted by atomic mass is 127. The quantitative estimate of drug-likeness (QED) is 0.242. The van der Waals surface area contributed by atoms with E-state index in [1.807, 2.05) is 22.6 Å². The van der Waals surface area contributed by atoms with Crippen LogP contribution in [0.25, 0.3) is 0 Å². The molecule has 0 radical (unpaired) electrons. The van der Waals surface area contributed by atoms with Crippen LogP contribution in [0.5, 0.6) is 0 Å². The van der Waals surface area contributed by atoms with Crippen molar-refractivity contribution in [2.24, 2.45) is 10.8 Å². The summed E-state index contributed by atoms with van der Waals surface area (Å²) in [6.45, 7) is 0.